The molecule has 0 aliphatic heterocycles. The van der Waals surface area contributed by atoms with Gasteiger partial charge in [-0.25, -0.2) is 9.89 Å². The zero-order valence-corrected chi connectivity index (χ0v) is 17.7. The molecule has 13 heteroatoms. The molecule has 1 aromatic carbocycles. The standard InChI is InChI=1S/C18H16Cl2N6O5/c1-3-8(2)10-6-14(25-26-16(10)27)31-15-11(19)4-9(5-12(15)20)23-24-13(7-21)17(28)22-18(29)30/h4-6,8,23H,3H2,1-2H3,(H,22,28)(H,26,27)(H,29,30). The topological polar surface area (TPSA) is 170 Å². The van der Waals surface area contributed by atoms with Gasteiger partial charge in [0.05, 0.1) is 15.7 Å². The Bertz CT molecular complexity index is 1120. The molecule has 0 aliphatic carbocycles. The number of carbonyl (C=O) groups excluding carboxylic acids is 1. The van der Waals surface area contributed by atoms with Gasteiger partial charge in [0.2, 0.25) is 11.6 Å². The number of amides is 2. The quantitative estimate of drug-likeness (QED) is 0.354. The molecule has 11 nitrogen and oxygen atoms in total. The maximum Gasteiger partial charge on any atom is 0.411 e. The zero-order chi connectivity index (χ0) is 23.1. The summed E-state index contributed by atoms with van der Waals surface area (Å²) in [6.45, 7) is 3.83. The van der Waals surface area contributed by atoms with Crippen LogP contribution in [0.1, 0.15) is 31.7 Å². The smallest absolute Gasteiger partial charge is 0.411 e. The Hall–Kier alpha value is -3.62. The highest BCUT2D eigenvalue weighted by molar-refractivity contribution is 6.46. The molecule has 0 saturated carbocycles. The summed E-state index contributed by atoms with van der Waals surface area (Å²) in [6, 6.07) is 5.64. The van der Waals surface area contributed by atoms with E-state index in [1.807, 2.05) is 13.8 Å². The summed E-state index contributed by atoms with van der Waals surface area (Å²) in [7, 11) is 0. The summed E-state index contributed by atoms with van der Waals surface area (Å²) in [6.07, 6.45) is -0.891. The van der Waals surface area contributed by atoms with E-state index in [-0.39, 0.29) is 38.8 Å². The number of halogens is 2. The highest BCUT2D eigenvalue weighted by Crippen LogP contribution is 2.38. The molecular formula is C18H16Cl2N6O5. The van der Waals surface area contributed by atoms with Crippen molar-refractivity contribution in [3.63, 3.8) is 0 Å². The van der Waals surface area contributed by atoms with Gasteiger partial charge in [-0.1, -0.05) is 37.0 Å². The Morgan fingerprint density at radius 2 is 2.00 bits per heavy atom. The van der Waals surface area contributed by atoms with Crippen LogP contribution in [0.3, 0.4) is 0 Å². The van der Waals surface area contributed by atoms with Gasteiger partial charge in [-0.15, -0.1) is 5.10 Å². The van der Waals surface area contributed by atoms with Crippen LogP contribution in [0.15, 0.2) is 28.1 Å². The number of hydrogen-bond acceptors (Lipinski definition) is 8. The van der Waals surface area contributed by atoms with Gasteiger partial charge in [-0.3, -0.25) is 20.3 Å². The Morgan fingerprint density at radius 3 is 2.55 bits per heavy atom. The summed E-state index contributed by atoms with van der Waals surface area (Å²) >= 11 is 12.4. The van der Waals surface area contributed by atoms with Gasteiger partial charge >= 0.3 is 6.09 Å². The van der Waals surface area contributed by atoms with Gasteiger partial charge in [-0.05, 0) is 24.5 Å². The average Bonchev–Trinajstić information content (AvgIpc) is 2.71. The molecule has 1 atom stereocenters. The van der Waals surface area contributed by atoms with Crippen molar-refractivity contribution in [2.24, 2.45) is 5.10 Å². The lowest BCUT2D eigenvalue weighted by Gasteiger charge is -2.12. The fraction of sp³-hybridized carbons (Fsp3) is 0.222. The number of carboxylic acid groups (broad SMARTS) is 1. The number of anilines is 1. The number of hydrogen-bond donors (Lipinski definition) is 4. The average molecular weight is 467 g/mol. The Kier molecular flexibility index (Phi) is 7.95. The van der Waals surface area contributed by atoms with Gasteiger partial charge < -0.3 is 9.84 Å². The number of hydrazone groups is 1. The molecule has 1 aromatic heterocycles. The number of nitrogens with one attached hydrogen (secondary N) is 3. The maximum absolute atomic E-state index is 11.9. The lowest BCUT2D eigenvalue weighted by Crippen LogP contribution is -2.34. The van der Waals surface area contributed by atoms with Crippen LogP contribution < -0.4 is 21.0 Å². The van der Waals surface area contributed by atoms with Crippen LogP contribution in [0.5, 0.6) is 11.6 Å². The Morgan fingerprint density at radius 1 is 1.35 bits per heavy atom. The van der Waals surface area contributed by atoms with Crippen LogP contribution in [0, 0.1) is 11.3 Å². The van der Waals surface area contributed by atoms with Crippen molar-refractivity contribution in [2.45, 2.75) is 26.2 Å². The summed E-state index contributed by atoms with van der Waals surface area (Å²) in [5, 5.41) is 28.7. The van der Waals surface area contributed by atoms with Crippen LogP contribution >= 0.6 is 23.2 Å². The number of carbonyl (C=O) groups is 2. The molecule has 2 aromatic rings. The van der Waals surface area contributed by atoms with Crippen LogP contribution in [-0.2, 0) is 4.79 Å². The van der Waals surface area contributed by atoms with Crippen LogP contribution in [0.4, 0.5) is 10.5 Å². The van der Waals surface area contributed by atoms with Gasteiger partial charge in [0.1, 0.15) is 6.07 Å². The molecule has 0 bridgehead atoms. The predicted molar refractivity (Wildman–Crippen MR) is 113 cm³/mol. The first-order chi connectivity index (χ1) is 14.7. The summed E-state index contributed by atoms with van der Waals surface area (Å²) in [5.74, 6) is -1.09. The minimum absolute atomic E-state index is 0.0165. The molecule has 2 rings (SSSR count). The molecule has 162 valence electrons. The maximum atomic E-state index is 11.9. The van der Waals surface area contributed by atoms with Gasteiger partial charge in [0, 0.05) is 11.6 Å². The van der Waals surface area contributed by atoms with E-state index in [1.165, 1.54) is 29.6 Å². The number of nitrogens with zero attached hydrogens (tertiary/aromatic N) is 3. The summed E-state index contributed by atoms with van der Waals surface area (Å²) in [4.78, 5) is 33.9. The normalized spacial score (nSPS) is 11.9. The lowest BCUT2D eigenvalue weighted by molar-refractivity contribution is -0.114. The zero-order valence-electron chi connectivity index (χ0n) is 16.2. The molecule has 0 saturated heterocycles. The van der Waals surface area contributed by atoms with Crippen molar-refractivity contribution in [3.05, 3.63) is 44.2 Å². The molecule has 2 amide bonds. The number of benzene rings is 1. The number of ether oxygens (including phenoxy) is 1. The minimum atomic E-state index is -1.63. The molecule has 0 aliphatic rings. The molecule has 0 spiro atoms. The number of aromatic amines is 1. The number of rotatable bonds is 7. The second-order valence-electron chi connectivity index (χ2n) is 6.11. The van der Waals surface area contributed by atoms with E-state index in [0.717, 1.165) is 6.42 Å². The van der Waals surface area contributed by atoms with Gasteiger partial charge in [0.15, 0.2) is 5.75 Å². The largest absolute Gasteiger partial charge is 0.465 e. The van der Waals surface area contributed by atoms with Gasteiger partial charge in [0.25, 0.3) is 11.5 Å². The first-order valence-electron chi connectivity index (χ1n) is 8.70. The number of aromatic nitrogens is 2. The van der Waals surface area contributed by atoms with Crippen molar-refractivity contribution in [3.8, 4) is 17.7 Å². The SMILES string of the molecule is CCC(C)c1cc(Oc2c(Cl)cc(NN=C(C#N)C(=O)NC(=O)O)cc2Cl)n[nH]c1=O. The van der Waals surface area contributed by atoms with E-state index in [0.29, 0.717) is 5.56 Å². The predicted octanol–water partition coefficient (Wildman–Crippen LogP) is 3.47. The van der Waals surface area contributed by atoms with Crippen molar-refractivity contribution in [1.82, 2.24) is 15.5 Å². The number of imide groups is 1. The van der Waals surface area contributed by atoms with E-state index in [2.05, 4.69) is 20.7 Å². The third-order valence-electron chi connectivity index (χ3n) is 4.00. The third-order valence-corrected chi connectivity index (χ3v) is 4.56. The van der Waals surface area contributed by atoms with E-state index < -0.39 is 17.7 Å². The molecule has 1 heterocycles. The second-order valence-corrected chi connectivity index (χ2v) is 6.93. The van der Waals surface area contributed by atoms with Crippen LogP contribution in [0.2, 0.25) is 10.0 Å². The molecule has 31 heavy (non-hydrogen) atoms. The van der Waals surface area contributed by atoms with Gasteiger partial charge in [-0.2, -0.15) is 10.4 Å². The Balaban J connectivity index is 2.26. The Labute approximate surface area is 185 Å². The van der Waals surface area contributed by atoms with Crippen molar-refractivity contribution in [1.29, 1.82) is 5.26 Å². The van der Waals surface area contributed by atoms with E-state index in [1.54, 1.807) is 0 Å². The fourth-order valence-electron chi connectivity index (χ4n) is 2.27. The molecular weight excluding hydrogens is 451 g/mol. The minimum Gasteiger partial charge on any atom is -0.465 e. The summed E-state index contributed by atoms with van der Waals surface area (Å²) < 4.78 is 5.62. The molecule has 4 N–H and O–H groups in total. The molecule has 0 fully saturated rings. The molecule has 1 unspecified atom stereocenters. The van der Waals surface area contributed by atoms with Crippen molar-refractivity contribution < 1.29 is 19.4 Å². The lowest BCUT2D eigenvalue weighted by atomic mass is 10.0. The third kappa shape index (κ3) is 6.18. The highest BCUT2D eigenvalue weighted by Gasteiger charge is 2.16. The van der Waals surface area contributed by atoms with E-state index >= 15 is 0 Å². The monoisotopic (exact) mass is 466 g/mol. The van der Waals surface area contributed by atoms with Crippen molar-refractivity contribution >= 4 is 46.6 Å². The second kappa shape index (κ2) is 10.4. The van der Waals surface area contributed by atoms with E-state index in [4.69, 9.17) is 38.3 Å². The fourth-order valence-corrected chi connectivity index (χ4v) is 2.83. The van der Waals surface area contributed by atoms with Crippen LogP contribution in [0.25, 0.3) is 0 Å². The highest BCUT2D eigenvalue weighted by atomic mass is 35.5. The van der Waals surface area contributed by atoms with Crippen molar-refractivity contribution in [2.75, 3.05) is 5.43 Å². The number of nitriles is 1. The first-order valence-corrected chi connectivity index (χ1v) is 9.46. The van der Waals surface area contributed by atoms with E-state index in [9.17, 15) is 14.4 Å². The first kappa shape index (κ1) is 23.7. The molecule has 0 radical (unpaired) electrons. The number of H-pyrrole nitrogens is 1. The summed E-state index contributed by atoms with van der Waals surface area (Å²) in [5.41, 5.74) is 2.02. The van der Waals surface area contributed by atoms with Crippen LogP contribution in [-0.4, -0.2) is 33.0 Å².